The summed E-state index contributed by atoms with van der Waals surface area (Å²) in [6.07, 6.45) is 3.21. The summed E-state index contributed by atoms with van der Waals surface area (Å²) in [7, 11) is -3.02. The van der Waals surface area contributed by atoms with Crippen LogP contribution in [-0.4, -0.2) is 63.3 Å². The molecule has 0 unspecified atom stereocenters. The van der Waals surface area contributed by atoms with E-state index in [1.54, 1.807) is 4.90 Å². The van der Waals surface area contributed by atoms with E-state index in [1.165, 1.54) is 16.3 Å². The van der Waals surface area contributed by atoms with Crippen LogP contribution in [0.25, 0.3) is 0 Å². The second-order valence-corrected chi connectivity index (χ2v) is 9.51. The number of H-pyrrole nitrogens is 1. The Bertz CT molecular complexity index is 766. The molecule has 1 atom stereocenters. The molecule has 1 saturated heterocycles. The highest BCUT2D eigenvalue weighted by Crippen LogP contribution is 2.33. The van der Waals surface area contributed by atoms with Crippen molar-refractivity contribution in [1.82, 2.24) is 19.7 Å². The molecule has 24 heavy (non-hydrogen) atoms. The van der Waals surface area contributed by atoms with E-state index >= 15 is 0 Å². The van der Waals surface area contributed by atoms with Crippen LogP contribution in [0.5, 0.6) is 0 Å². The molecule has 0 spiro atoms. The maximum Gasteiger partial charge on any atom is 0.343 e. The molecule has 1 amide bonds. The number of carbonyl (C=O) groups excluding carboxylic acids is 1. The van der Waals surface area contributed by atoms with Crippen LogP contribution in [0.4, 0.5) is 0 Å². The van der Waals surface area contributed by atoms with E-state index in [-0.39, 0.29) is 40.9 Å². The average molecular weight is 374 g/mol. The first-order chi connectivity index (χ1) is 11.4. The maximum atomic E-state index is 12.7. The quantitative estimate of drug-likeness (QED) is 0.686. The van der Waals surface area contributed by atoms with Gasteiger partial charge in [0.1, 0.15) is 0 Å². The topological polar surface area (TPSA) is 105 Å². The number of aromatic amines is 1. The van der Waals surface area contributed by atoms with Gasteiger partial charge in [-0.15, -0.1) is 5.10 Å². The largest absolute Gasteiger partial charge is 0.343 e. The summed E-state index contributed by atoms with van der Waals surface area (Å²) in [5.74, 6) is 0.337. The number of aromatic nitrogens is 3. The number of amides is 1. The lowest BCUT2D eigenvalue weighted by atomic mass is 10.2. The fourth-order valence-electron chi connectivity index (χ4n) is 3.09. The molecular weight excluding hydrogens is 352 g/mol. The Morgan fingerprint density at radius 1 is 1.38 bits per heavy atom. The van der Waals surface area contributed by atoms with Crippen molar-refractivity contribution >= 4 is 27.5 Å². The molecule has 1 saturated carbocycles. The fourth-order valence-corrected chi connectivity index (χ4v) is 5.64. The smallest absolute Gasteiger partial charge is 0.335 e. The zero-order valence-corrected chi connectivity index (χ0v) is 15.2. The Balaban J connectivity index is 1.66. The van der Waals surface area contributed by atoms with Crippen LogP contribution in [0.15, 0.2) is 9.95 Å². The highest BCUT2D eigenvalue weighted by Gasteiger charge is 2.41. The molecule has 0 bridgehead atoms. The number of carbonyl (C=O) groups is 1. The molecule has 134 valence electrons. The first-order valence-electron chi connectivity index (χ1n) is 8.21. The van der Waals surface area contributed by atoms with E-state index in [1.807, 2.05) is 6.92 Å². The number of hydrogen-bond donors (Lipinski definition) is 1. The number of nitrogens with zero attached hydrogens (tertiary/aromatic N) is 3. The molecular formula is C14H22N4O4S2. The number of nitrogens with one attached hydrogen (secondary N) is 1. The van der Waals surface area contributed by atoms with E-state index in [4.69, 9.17) is 0 Å². The molecule has 10 heteroatoms. The van der Waals surface area contributed by atoms with Crippen LogP contribution >= 0.6 is 11.8 Å². The highest BCUT2D eigenvalue weighted by atomic mass is 32.2. The standard InChI is InChI=1S/C14H22N4O4S2/c1-2-6-17-13(20)15-16-14(17)23-8-12(19)18(10-3-4-10)11-5-7-24(21,22)9-11/h10-11H,2-9H2,1H3,(H,15,20)/t11-/m1/s1. The van der Waals surface area contributed by atoms with Crippen molar-refractivity contribution in [3.8, 4) is 0 Å². The van der Waals surface area contributed by atoms with Crippen molar-refractivity contribution in [3.05, 3.63) is 10.5 Å². The van der Waals surface area contributed by atoms with Gasteiger partial charge in [-0.2, -0.15) is 0 Å². The van der Waals surface area contributed by atoms with Gasteiger partial charge in [-0.05, 0) is 25.7 Å². The highest BCUT2D eigenvalue weighted by molar-refractivity contribution is 7.99. The summed E-state index contributed by atoms with van der Waals surface area (Å²) in [6.45, 7) is 2.52. The summed E-state index contributed by atoms with van der Waals surface area (Å²) >= 11 is 1.23. The zero-order valence-electron chi connectivity index (χ0n) is 13.6. The number of sulfone groups is 1. The molecule has 0 radical (unpaired) electrons. The summed E-state index contributed by atoms with van der Waals surface area (Å²) in [6, 6.07) is -0.0268. The van der Waals surface area contributed by atoms with Gasteiger partial charge in [0.15, 0.2) is 15.0 Å². The van der Waals surface area contributed by atoms with Crippen molar-refractivity contribution < 1.29 is 13.2 Å². The van der Waals surface area contributed by atoms with Gasteiger partial charge in [0, 0.05) is 18.6 Å². The molecule has 1 aliphatic carbocycles. The summed E-state index contributed by atoms with van der Waals surface area (Å²) in [4.78, 5) is 26.1. The summed E-state index contributed by atoms with van der Waals surface area (Å²) < 4.78 is 25.0. The minimum absolute atomic E-state index is 0.0666. The first-order valence-corrected chi connectivity index (χ1v) is 11.0. The molecule has 2 fully saturated rings. The molecule has 0 aromatic carbocycles. The van der Waals surface area contributed by atoms with Gasteiger partial charge in [0.2, 0.25) is 5.91 Å². The summed E-state index contributed by atoms with van der Waals surface area (Å²) in [5.41, 5.74) is -0.271. The molecule has 1 N–H and O–H groups in total. The second-order valence-electron chi connectivity index (χ2n) is 6.34. The third kappa shape index (κ3) is 3.85. The molecule has 1 aromatic heterocycles. The molecule has 1 aromatic rings. The van der Waals surface area contributed by atoms with Gasteiger partial charge in [-0.1, -0.05) is 18.7 Å². The number of thioether (sulfide) groups is 1. The van der Waals surface area contributed by atoms with Crippen molar-refractivity contribution in [2.75, 3.05) is 17.3 Å². The van der Waals surface area contributed by atoms with Crippen molar-refractivity contribution in [2.24, 2.45) is 0 Å². The van der Waals surface area contributed by atoms with E-state index in [0.29, 0.717) is 18.1 Å². The van der Waals surface area contributed by atoms with Gasteiger partial charge in [-0.3, -0.25) is 9.36 Å². The first kappa shape index (κ1) is 17.5. The third-order valence-corrected chi connectivity index (χ3v) is 7.04. The minimum Gasteiger partial charge on any atom is -0.335 e. The Morgan fingerprint density at radius 3 is 2.71 bits per heavy atom. The van der Waals surface area contributed by atoms with Gasteiger partial charge in [0.05, 0.1) is 17.3 Å². The predicted octanol–water partition coefficient (Wildman–Crippen LogP) is 0.252. The Hall–Kier alpha value is -1.29. The van der Waals surface area contributed by atoms with Crippen LogP contribution in [-0.2, 0) is 21.2 Å². The van der Waals surface area contributed by atoms with Crippen molar-refractivity contribution in [1.29, 1.82) is 0 Å². The number of hydrogen-bond acceptors (Lipinski definition) is 6. The van der Waals surface area contributed by atoms with Crippen LogP contribution in [0.1, 0.15) is 32.6 Å². The molecule has 2 heterocycles. The third-order valence-electron chi connectivity index (χ3n) is 4.33. The van der Waals surface area contributed by atoms with Gasteiger partial charge < -0.3 is 4.90 Å². The zero-order chi connectivity index (χ0) is 17.3. The van der Waals surface area contributed by atoms with Crippen LogP contribution in [0.2, 0.25) is 0 Å². The Kier molecular flexibility index (Phi) is 5.05. The Labute approximate surface area is 144 Å². The average Bonchev–Trinajstić information content (AvgIpc) is 3.20. The van der Waals surface area contributed by atoms with Gasteiger partial charge >= 0.3 is 5.69 Å². The SMILES string of the molecule is CCCn1c(SCC(=O)N(C2CC2)[C@@H]2CCS(=O)(=O)C2)n[nH]c1=O. The van der Waals surface area contributed by atoms with Crippen LogP contribution in [0.3, 0.4) is 0 Å². The minimum atomic E-state index is -3.02. The monoisotopic (exact) mass is 374 g/mol. The van der Waals surface area contributed by atoms with Crippen LogP contribution in [0, 0.1) is 0 Å². The van der Waals surface area contributed by atoms with Crippen molar-refractivity contribution in [2.45, 2.75) is 56.4 Å². The normalized spacial score (nSPS) is 22.6. The molecule has 2 aliphatic rings. The van der Waals surface area contributed by atoms with E-state index in [0.717, 1.165) is 19.3 Å². The van der Waals surface area contributed by atoms with E-state index in [9.17, 15) is 18.0 Å². The Morgan fingerprint density at radius 2 is 2.12 bits per heavy atom. The van der Waals surface area contributed by atoms with Crippen LogP contribution < -0.4 is 5.69 Å². The maximum absolute atomic E-state index is 12.7. The summed E-state index contributed by atoms with van der Waals surface area (Å²) in [5, 5.41) is 6.88. The molecule has 1 aliphatic heterocycles. The lowest BCUT2D eigenvalue weighted by Crippen LogP contribution is -2.43. The number of rotatable bonds is 7. The fraction of sp³-hybridized carbons (Fsp3) is 0.786. The lowest BCUT2D eigenvalue weighted by Gasteiger charge is -2.28. The predicted molar refractivity (Wildman–Crippen MR) is 90.8 cm³/mol. The van der Waals surface area contributed by atoms with Gasteiger partial charge in [0.25, 0.3) is 0 Å². The molecule has 3 rings (SSSR count). The van der Waals surface area contributed by atoms with E-state index in [2.05, 4.69) is 10.2 Å². The van der Waals surface area contributed by atoms with E-state index < -0.39 is 9.84 Å². The van der Waals surface area contributed by atoms with Gasteiger partial charge in [-0.25, -0.2) is 18.3 Å². The van der Waals surface area contributed by atoms with Crippen molar-refractivity contribution in [3.63, 3.8) is 0 Å². The second kappa shape index (κ2) is 6.91. The lowest BCUT2D eigenvalue weighted by molar-refractivity contribution is -0.130. The molecule has 8 nitrogen and oxygen atoms in total.